The van der Waals surface area contributed by atoms with Gasteiger partial charge in [-0.05, 0) is 83.5 Å². The predicted octanol–water partition coefficient (Wildman–Crippen LogP) is 14.8. The predicted molar refractivity (Wildman–Crippen MR) is 259 cm³/mol. The fourth-order valence-electron chi connectivity index (χ4n) is 7.03. The number of carbonyl (C=O) groups is 2. The van der Waals surface area contributed by atoms with E-state index >= 15 is 0 Å². The van der Waals surface area contributed by atoms with Crippen LogP contribution in [-0.4, -0.2) is 46.9 Å². The van der Waals surface area contributed by atoms with E-state index in [0.717, 1.165) is 83.5 Å². The van der Waals surface area contributed by atoms with Crippen molar-refractivity contribution in [3.8, 4) is 0 Å². The van der Waals surface area contributed by atoms with Gasteiger partial charge in [0, 0.05) is 6.42 Å². The number of allylic oxidation sites excluding steroid dienone is 14. The summed E-state index contributed by atoms with van der Waals surface area (Å²) in [5, 5.41) is 23.7. The molecule has 0 rings (SSSR count). The van der Waals surface area contributed by atoms with E-state index in [9.17, 15) is 19.8 Å². The van der Waals surface area contributed by atoms with Gasteiger partial charge in [-0.3, -0.25) is 9.59 Å². The number of rotatable bonds is 43. The Morgan fingerprint density at radius 1 is 0.517 bits per heavy atom. The fourth-order valence-corrected chi connectivity index (χ4v) is 7.03. The molecule has 3 N–H and O–H groups in total. The lowest BCUT2D eigenvalue weighted by Gasteiger charge is -2.24. The Morgan fingerprint density at radius 3 is 1.55 bits per heavy atom. The average molecular weight is 836 g/mol. The van der Waals surface area contributed by atoms with Crippen molar-refractivity contribution in [3.05, 3.63) is 85.1 Å². The standard InChI is InChI=1S/C54H93NO5/c1-4-7-10-13-16-19-22-25-26-29-30-33-36-39-42-45-50(60-54(59)47-44-41-38-35-32-28-24-21-18-15-12-9-6-3)48-53(58)55-51(49-56)52(57)46-43-40-37-34-31-27-23-20-17-14-11-8-5-2/h9,12,15-16,18-19,21,24-26,28,30,32-33,50-52,56-57H,4-8,10-11,13-14,17,20,22-23,27,29,31,34-49H2,1-3H3,(H,55,58)/b12-9+,18-15+,19-16-,24-21-,26-25-,32-28-,33-30-. The Morgan fingerprint density at radius 2 is 0.967 bits per heavy atom. The van der Waals surface area contributed by atoms with E-state index in [1.165, 1.54) is 89.9 Å². The molecule has 0 saturated heterocycles. The minimum atomic E-state index is -0.808. The van der Waals surface area contributed by atoms with Crippen LogP contribution in [-0.2, 0) is 14.3 Å². The SMILES string of the molecule is CC/C=C/C=C/C=C\C=C/CCCCCC(=O)OC(CCCC/C=C\C/C=C\C/C=C\CCCCC)CC(=O)NC(CO)C(O)CCCCCCCCCCCCCCC. The van der Waals surface area contributed by atoms with E-state index in [-0.39, 0.29) is 24.9 Å². The van der Waals surface area contributed by atoms with E-state index < -0.39 is 18.2 Å². The summed E-state index contributed by atoms with van der Waals surface area (Å²) in [4.78, 5) is 26.1. The van der Waals surface area contributed by atoms with Crippen LogP contribution >= 0.6 is 0 Å². The van der Waals surface area contributed by atoms with E-state index in [2.05, 4.69) is 80.8 Å². The summed E-state index contributed by atoms with van der Waals surface area (Å²) in [6, 6.07) is -0.726. The molecule has 0 bridgehead atoms. The molecule has 0 spiro atoms. The van der Waals surface area contributed by atoms with Crippen LogP contribution in [0.25, 0.3) is 0 Å². The first-order valence-corrected chi connectivity index (χ1v) is 24.9. The van der Waals surface area contributed by atoms with Crippen LogP contribution in [0, 0.1) is 0 Å². The Kier molecular flexibility index (Phi) is 44.8. The molecule has 0 saturated carbocycles. The molecule has 344 valence electrons. The number of nitrogens with one attached hydrogen (secondary N) is 1. The number of ether oxygens (including phenoxy) is 1. The number of hydrogen-bond donors (Lipinski definition) is 3. The van der Waals surface area contributed by atoms with Gasteiger partial charge in [0.2, 0.25) is 5.91 Å². The number of unbranched alkanes of at least 4 members (excludes halogenated alkanes) is 20. The highest BCUT2D eigenvalue weighted by Gasteiger charge is 2.24. The van der Waals surface area contributed by atoms with Gasteiger partial charge in [-0.1, -0.05) is 209 Å². The molecule has 60 heavy (non-hydrogen) atoms. The zero-order valence-electron chi connectivity index (χ0n) is 39.1. The van der Waals surface area contributed by atoms with Gasteiger partial charge in [0.15, 0.2) is 0 Å². The lowest BCUT2D eigenvalue weighted by molar-refractivity contribution is -0.151. The number of esters is 1. The molecule has 1 amide bonds. The molecule has 0 aromatic rings. The summed E-state index contributed by atoms with van der Waals surface area (Å²) in [6.45, 7) is 6.28. The van der Waals surface area contributed by atoms with Gasteiger partial charge in [0.05, 0.1) is 25.2 Å². The zero-order chi connectivity index (χ0) is 43.8. The summed E-state index contributed by atoms with van der Waals surface area (Å²) in [5.74, 6) is -0.564. The molecular weight excluding hydrogens is 743 g/mol. The molecule has 0 aliphatic heterocycles. The van der Waals surface area contributed by atoms with Crippen LogP contribution < -0.4 is 5.32 Å². The molecule has 0 aromatic carbocycles. The molecule has 6 heteroatoms. The molecule has 3 atom stereocenters. The van der Waals surface area contributed by atoms with E-state index in [1.54, 1.807) is 0 Å². The van der Waals surface area contributed by atoms with Crippen molar-refractivity contribution in [1.29, 1.82) is 0 Å². The summed E-state index contributed by atoms with van der Waals surface area (Å²) in [5.41, 5.74) is 0. The molecule has 0 radical (unpaired) electrons. The number of aliphatic hydroxyl groups is 2. The third kappa shape index (κ3) is 41.8. The quantitative estimate of drug-likeness (QED) is 0.0246. The van der Waals surface area contributed by atoms with Crippen LogP contribution in [0.1, 0.15) is 220 Å². The average Bonchev–Trinajstić information content (AvgIpc) is 3.24. The highest BCUT2D eigenvalue weighted by atomic mass is 16.5. The van der Waals surface area contributed by atoms with Crippen LogP contribution in [0.2, 0.25) is 0 Å². The first-order valence-electron chi connectivity index (χ1n) is 24.9. The van der Waals surface area contributed by atoms with Crippen molar-refractivity contribution in [2.24, 2.45) is 0 Å². The minimum Gasteiger partial charge on any atom is -0.462 e. The Balaban J connectivity index is 4.74. The monoisotopic (exact) mass is 836 g/mol. The summed E-state index contributed by atoms with van der Waals surface area (Å²) in [7, 11) is 0. The second kappa shape index (κ2) is 47.1. The largest absolute Gasteiger partial charge is 0.462 e. The fraction of sp³-hybridized carbons (Fsp3) is 0.704. The van der Waals surface area contributed by atoms with Crippen molar-refractivity contribution in [2.75, 3.05) is 6.61 Å². The molecule has 6 nitrogen and oxygen atoms in total. The molecular formula is C54H93NO5. The molecule has 3 unspecified atom stereocenters. The third-order valence-electron chi connectivity index (χ3n) is 10.8. The number of hydrogen-bond acceptors (Lipinski definition) is 5. The van der Waals surface area contributed by atoms with Crippen molar-refractivity contribution < 1.29 is 24.5 Å². The maximum Gasteiger partial charge on any atom is 0.306 e. The summed E-state index contributed by atoms with van der Waals surface area (Å²) >= 11 is 0. The van der Waals surface area contributed by atoms with Crippen molar-refractivity contribution in [2.45, 2.75) is 238 Å². The lowest BCUT2D eigenvalue weighted by atomic mass is 10.0. The topological polar surface area (TPSA) is 95.9 Å². The van der Waals surface area contributed by atoms with Gasteiger partial charge in [0.1, 0.15) is 6.10 Å². The Hall–Kier alpha value is -2.96. The van der Waals surface area contributed by atoms with Gasteiger partial charge in [-0.15, -0.1) is 0 Å². The number of aliphatic hydroxyl groups excluding tert-OH is 2. The Bertz CT molecular complexity index is 1160. The van der Waals surface area contributed by atoms with Crippen molar-refractivity contribution in [3.63, 3.8) is 0 Å². The normalized spacial score (nSPS) is 14.0. The van der Waals surface area contributed by atoms with E-state index in [0.29, 0.717) is 19.3 Å². The summed E-state index contributed by atoms with van der Waals surface area (Å²) in [6.07, 6.45) is 60.7. The number of amides is 1. The van der Waals surface area contributed by atoms with Crippen LogP contribution in [0.15, 0.2) is 85.1 Å². The third-order valence-corrected chi connectivity index (χ3v) is 10.8. The zero-order valence-corrected chi connectivity index (χ0v) is 39.1. The van der Waals surface area contributed by atoms with Crippen molar-refractivity contribution >= 4 is 11.9 Å². The molecule has 0 fully saturated rings. The summed E-state index contributed by atoms with van der Waals surface area (Å²) < 4.78 is 5.88. The van der Waals surface area contributed by atoms with Crippen LogP contribution in [0.4, 0.5) is 0 Å². The van der Waals surface area contributed by atoms with E-state index in [1.807, 2.05) is 30.4 Å². The van der Waals surface area contributed by atoms with Gasteiger partial charge in [-0.25, -0.2) is 0 Å². The van der Waals surface area contributed by atoms with Crippen LogP contribution in [0.3, 0.4) is 0 Å². The maximum atomic E-state index is 13.2. The van der Waals surface area contributed by atoms with Gasteiger partial charge >= 0.3 is 5.97 Å². The van der Waals surface area contributed by atoms with Crippen LogP contribution in [0.5, 0.6) is 0 Å². The second-order valence-corrected chi connectivity index (χ2v) is 16.6. The first-order chi connectivity index (χ1) is 29.5. The van der Waals surface area contributed by atoms with E-state index in [4.69, 9.17) is 4.74 Å². The van der Waals surface area contributed by atoms with Gasteiger partial charge < -0.3 is 20.3 Å². The Labute approximate surface area is 370 Å². The number of carbonyl (C=O) groups excluding carboxylic acids is 2. The van der Waals surface area contributed by atoms with Crippen molar-refractivity contribution in [1.82, 2.24) is 5.32 Å². The first kappa shape index (κ1) is 57.0. The van der Waals surface area contributed by atoms with Gasteiger partial charge in [-0.2, -0.15) is 0 Å². The highest BCUT2D eigenvalue weighted by Crippen LogP contribution is 2.17. The molecule has 0 heterocycles. The van der Waals surface area contributed by atoms with Gasteiger partial charge in [0.25, 0.3) is 0 Å². The minimum absolute atomic E-state index is 0.0315. The smallest absolute Gasteiger partial charge is 0.306 e. The molecule has 0 aliphatic carbocycles. The molecule has 0 aliphatic rings. The lowest BCUT2D eigenvalue weighted by Crippen LogP contribution is -2.46. The maximum absolute atomic E-state index is 13.2. The second-order valence-electron chi connectivity index (χ2n) is 16.6. The molecule has 0 aromatic heterocycles. The highest BCUT2D eigenvalue weighted by molar-refractivity contribution is 5.77.